The maximum absolute atomic E-state index is 13.0. The van der Waals surface area contributed by atoms with Crippen molar-refractivity contribution >= 4 is 23.3 Å². The normalized spacial score (nSPS) is 26.2. The third kappa shape index (κ3) is 3.61. The zero-order valence-corrected chi connectivity index (χ0v) is 11.7. The van der Waals surface area contributed by atoms with Gasteiger partial charge in [0.25, 0.3) is 0 Å². The topological polar surface area (TPSA) is 69.6 Å². The van der Waals surface area contributed by atoms with Crippen LogP contribution < -0.4 is 5.32 Å². The molecule has 1 aromatic carbocycles. The number of benzene rings is 1. The lowest BCUT2D eigenvalue weighted by Gasteiger charge is -2.35. The number of carboxylic acid groups (broad SMARTS) is 1. The summed E-state index contributed by atoms with van der Waals surface area (Å²) in [6, 6.07) is 4.27. The minimum atomic E-state index is -0.924. The monoisotopic (exact) mass is 301 g/mol. The van der Waals surface area contributed by atoms with E-state index < -0.39 is 17.4 Å². The molecule has 3 N–H and O–H groups in total. The van der Waals surface area contributed by atoms with Gasteiger partial charge in [0.15, 0.2) is 0 Å². The van der Waals surface area contributed by atoms with E-state index in [1.807, 2.05) is 0 Å². The number of hydrogen-bond acceptors (Lipinski definition) is 3. The summed E-state index contributed by atoms with van der Waals surface area (Å²) in [4.78, 5) is 10.9. The van der Waals surface area contributed by atoms with Crippen molar-refractivity contribution in [1.29, 1.82) is 0 Å². The van der Waals surface area contributed by atoms with Crippen molar-refractivity contribution in [3.05, 3.63) is 29.0 Å². The van der Waals surface area contributed by atoms with Gasteiger partial charge in [0, 0.05) is 12.2 Å². The minimum absolute atomic E-state index is 0.0246. The van der Waals surface area contributed by atoms with E-state index in [0.717, 1.165) is 0 Å². The molecule has 0 atom stereocenters. The van der Waals surface area contributed by atoms with E-state index in [0.29, 0.717) is 37.9 Å². The van der Waals surface area contributed by atoms with Crippen LogP contribution in [0, 0.1) is 11.7 Å². The summed E-state index contributed by atoms with van der Waals surface area (Å²) in [5.74, 6) is -1.65. The summed E-state index contributed by atoms with van der Waals surface area (Å²) in [6.45, 7) is 0.293. The van der Waals surface area contributed by atoms with Crippen LogP contribution in [0.2, 0.25) is 5.02 Å². The predicted octanol–water partition coefficient (Wildman–Crippen LogP) is 2.90. The van der Waals surface area contributed by atoms with Gasteiger partial charge in [-0.3, -0.25) is 4.79 Å². The Morgan fingerprint density at radius 3 is 2.65 bits per heavy atom. The summed E-state index contributed by atoms with van der Waals surface area (Å²) in [6.07, 6.45) is 1.81. The Morgan fingerprint density at radius 2 is 2.10 bits per heavy atom. The van der Waals surface area contributed by atoms with Gasteiger partial charge in [-0.2, -0.15) is 0 Å². The first-order valence-corrected chi connectivity index (χ1v) is 6.91. The highest BCUT2D eigenvalue weighted by molar-refractivity contribution is 6.31. The molecular weight excluding hydrogens is 285 g/mol. The van der Waals surface area contributed by atoms with Crippen LogP contribution in [0.25, 0.3) is 0 Å². The fraction of sp³-hybridized carbons (Fsp3) is 0.500. The Balaban J connectivity index is 1.90. The molecule has 1 fully saturated rings. The number of carboxylic acids is 1. The average molecular weight is 302 g/mol. The average Bonchev–Trinajstić information content (AvgIpc) is 2.41. The van der Waals surface area contributed by atoms with Crippen LogP contribution in [0.1, 0.15) is 25.7 Å². The molecule has 110 valence electrons. The van der Waals surface area contributed by atoms with Crippen LogP contribution in [0.5, 0.6) is 0 Å². The predicted molar refractivity (Wildman–Crippen MR) is 74.4 cm³/mol. The van der Waals surface area contributed by atoms with Gasteiger partial charge in [-0.1, -0.05) is 11.6 Å². The van der Waals surface area contributed by atoms with Crippen molar-refractivity contribution in [2.24, 2.45) is 5.92 Å². The maximum atomic E-state index is 13.0. The first kappa shape index (κ1) is 15.1. The van der Waals surface area contributed by atoms with Crippen LogP contribution in [-0.2, 0) is 4.79 Å². The molecule has 4 nitrogen and oxygen atoms in total. The Labute approximate surface area is 121 Å². The summed E-state index contributed by atoms with van der Waals surface area (Å²) >= 11 is 5.68. The van der Waals surface area contributed by atoms with Crippen molar-refractivity contribution in [3.63, 3.8) is 0 Å². The second-order valence-electron chi connectivity index (χ2n) is 5.32. The number of carbonyl (C=O) groups is 1. The summed E-state index contributed by atoms with van der Waals surface area (Å²) in [7, 11) is 0. The molecule has 6 heteroatoms. The summed E-state index contributed by atoms with van der Waals surface area (Å²) < 4.78 is 13.0. The molecule has 2 rings (SSSR count). The van der Waals surface area contributed by atoms with E-state index >= 15 is 0 Å². The van der Waals surface area contributed by atoms with Gasteiger partial charge in [0.1, 0.15) is 5.82 Å². The smallest absolute Gasteiger partial charge is 0.306 e. The molecule has 1 aliphatic rings. The molecule has 0 bridgehead atoms. The van der Waals surface area contributed by atoms with Gasteiger partial charge in [-0.05, 0) is 43.9 Å². The number of aliphatic carboxylic acids is 1. The summed E-state index contributed by atoms with van der Waals surface area (Å²) in [5.41, 5.74) is -0.294. The van der Waals surface area contributed by atoms with Crippen molar-refractivity contribution in [3.8, 4) is 0 Å². The molecule has 1 saturated carbocycles. The number of anilines is 1. The molecule has 0 unspecified atom stereocenters. The molecular formula is C14H17ClFNO3. The third-order valence-electron chi connectivity index (χ3n) is 3.81. The lowest BCUT2D eigenvalue weighted by molar-refractivity contribution is -0.144. The fourth-order valence-electron chi connectivity index (χ4n) is 2.45. The summed E-state index contributed by atoms with van der Waals surface area (Å²) in [5, 5.41) is 22.4. The number of hydrogen-bond donors (Lipinski definition) is 3. The van der Waals surface area contributed by atoms with Crippen molar-refractivity contribution < 1.29 is 19.4 Å². The molecule has 0 saturated heterocycles. The van der Waals surface area contributed by atoms with Gasteiger partial charge in [0.05, 0.1) is 16.5 Å². The third-order valence-corrected chi connectivity index (χ3v) is 4.10. The largest absolute Gasteiger partial charge is 0.481 e. The first-order valence-electron chi connectivity index (χ1n) is 6.54. The first-order chi connectivity index (χ1) is 9.39. The molecule has 0 spiro atoms. The lowest BCUT2D eigenvalue weighted by atomic mass is 9.79. The van der Waals surface area contributed by atoms with Crippen molar-refractivity contribution in [1.82, 2.24) is 0 Å². The minimum Gasteiger partial charge on any atom is -0.481 e. The van der Waals surface area contributed by atoms with E-state index in [1.54, 1.807) is 6.07 Å². The molecule has 20 heavy (non-hydrogen) atoms. The Morgan fingerprint density at radius 1 is 1.45 bits per heavy atom. The van der Waals surface area contributed by atoms with Gasteiger partial charge in [-0.25, -0.2) is 4.39 Å². The zero-order valence-electron chi connectivity index (χ0n) is 10.9. The number of halogens is 2. The van der Waals surface area contributed by atoms with Crippen molar-refractivity contribution in [2.75, 3.05) is 11.9 Å². The molecule has 0 aromatic heterocycles. The maximum Gasteiger partial charge on any atom is 0.306 e. The van der Waals surface area contributed by atoms with E-state index in [9.17, 15) is 14.3 Å². The van der Waals surface area contributed by atoms with Gasteiger partial charge in [-0.15, -0.1) is 0 Å². The van der Waals surface area contributed by atoms with E-state index in [2.05, 4.69) is 5.32 Å². The van der Waals surface area contributed by atoms with Gasteiger partial charge >= 0.3 is 5.97 Å². The Kier molecular flexibility index (Phi) is 4.50. The second-order valence-corrected chi connectivity index (χ2v) is 5.73. The molecule has 0 amide bonds. The molecule has 1 aliphatic carbocycles. The van der Waals surface area contributed by atoms with Crippen molar-refractivity contribution in [2.45, 2.75) is 31.3 Å². The molecule has 0 radical (unpaired) electrons. The lowest BCUT2D eigenvalue weighted by Crippen LogP contribution is -2.41. The molecule has 0 heterocycles. The van der Waals surface area contributed by atoms with Crippen LogP contribution in [0.3, 0.4) is 0 Å². The second kappa shape index (κ2) is 5.97. The van der Waals surface area contributed by atoms with Crippen LogP contribution in [-0.4, -0.2) is 28.3 Å². The molecule has 1 aromatic rings. The quantitative estimate of drug-likeness (QED) is 0.800. The highest BCUT2D eigenvalue weighted by Gasteiger charge is 2.35. The number of rotatable bonds is 4. The van der Waals surface area contributed by atoms with E-state index in [4.69, 9.17) is 16.7 Å². The number of nitrogens with one attached hydrogen (secondary N) is 1. The zero-order chi connectivity index (χ0) is 14.8. The fourth-order valence-corrected chi connectivity index (χ4v) is 2.63. The molecule has 0 aliphatic heterocycles. The van der Waals surface area contributed by atoms with E-state index in [1.165, 1.54) is 12.1 Å². The standard InChI is InChI=1S/C14H17ClFNO3/c15-11-7-10(1-2-12(11)16)17-8-14(20)5-3-9(4-6-14)13(18)19/h1-2,7,9,17,20H,3-6,8H2,(H,18,19). The Bertz CT molecular complexity index is 501. The number of aliphatic hydroxyl groups is 1. The highest BCUT2D eigenvalue weighted by Crippen LogP contribution is 2.32. The van der Waals surface area contributed by atoms with Crippen LogP contribution in [0.4, 0.5) is 10.1 Å². The van der Waals surface area contributed by atoms with Gasteiger partial charge in [0.2, 0.25) is 0 Å². The van der Waals surface area contributed by atoms with Crippen LogP contribution >= 0.6 is 11.6 Å². The highest BCUT2D eigenvalue weighted by atomic mass is 35.5. The Hall–Kier alpha value is -1.33. The van der Waals surface area contributed by atoms with Crippen LogP contribution in [0.15, 0.2) is 18.2 Å². The SMILES string of the molecule is O=C(O)C1CCC(O)(CNc2ccc(F)c(Cl)c2)CC1. The van der Waals surface area contributed by atoms with Gasteiger partial charge < -0.3 is 15.5 Å². The van der Waals surface area contributed by atoms with E-state index in [-0.39, 0.29) is 10.9 Å².